The van der Waals surface area contributed by atoms with Gasteiger partial charge in [-0.2, -0.15) is 0 Å². The van der Waals surface area contributed by atoms with Gasteiger partial charge in [-0.15, -0.1) is 0 Å². The van der Waals surface area contributed by atoms with Crippen molar-refractivity contribution >= 4 is 11.8 Å². The van der Waals surface area contributed by atoms with Gasteiger partial charge in [-0.1, -0.05) is 36.5 Å². The van der Waals surface area contributed by atoms with Crippen molar-refractivity contribution in [2.75, 3.05) is 0 Å². The molecule has 0 saturated carbocycles. The third-order valence-corrected chi connectivity index (χ3v) is 3.96. The van der Waals surface area contributed by atoms with Gasteiger partial charge >= 0.3 is 0 Å². The molecule has 4 bridgehead atoms. The van der Waals surface area contributed by atoms with E-state index < -0.39 is 0 Å². The van der Waals surface area contributed by atoms with Crippen molar-refractivity contribution < 1.29 is 9.59 Å². The summed E-state index contributed by atoms with van der Waals surface area (Å²) in [6.45, 7) is 0. The monoisotopic (exact) mass is 275 g/mol. The van der Waals surface area contributed by atoms with Crippen LogP contribution >= 0.6 is 0 Å². The molecular formula is C18H13NO2. The highest BCUT2D eigenvalue weighted by atomic mass is 16.2. The number of allylic oxidation sites excluding steroid dienone is 12. The number of rotatable bonds is 0. The Morgan fingerprint density at radius 3 is 1.67 bits per heavy atom. The van der Waals surface area contributed by atoms with E-state index in [9.17, 15) is 9.59 Å². The van der Waals surface area contributed by atoms with Crippen LogP contribution in [0.25, 0.3) is 0 Å². The van der Waals surface area contributed by atoms with Crippen molar-refractivity contribution in [3.05, 3.63) is 82.0 Å². The SMILES string of the molecule is O=C1NC(=O)C2=CC3=CC4=CC=CC=C(C=C(C=C12)C3)C4. The topological polar surface area (TPSA) is 46.2 Å². The Morgan fingerprint density at radius 2 is 1.14 bits per heavy atom. The van der Waals surface area contributed by atoms with Crippen molar-refractivity contribution in [2.45, 2.75) is 12.8 Å². The van der Waals surface area contributed by atoms with Crippen molar-refractivity contribution in [3.63, 3.8) is 0 Å². The van der Waals surface area contributed by atoms with Crippen LogP contribution in [0.2, 0.25) is 0 Å². The highest BCUT2D eigenvalue weighted by molar-refractivity contribution is 6.25. The number of amides is 2. The average molecular weight is 275 g/mol. The summed E-state index contributed by atoms with van der Waals surface area (Å²) >= 11 is 0. The molecule has 0 aromatic carbocycles. The molecule has 1 N–H and O–H groups in total. The molecule has 0 spiro atoms. The van der Waals surface area contributed by atoms with Crippen LogP contribution in [-0.4, -0.2) is 11.8 Å². The Labute approximate surface area is 122 Å². The maximum atomic E-state index is 11.9. The van der Waals surface area contributed by atoms with Gasteiger partial charge in [-0.25, -0.2) is 0 Å². The Kier molecular flexibility index (Phi) is 2.54. The lowest BCUT2D eigenvalue weighted by molar-refractivity contribution is -0.123. The highest BCUT2D eigenvalue weighted by Gasteiger charge is 2.32. The Morgan fingerprint density at radius 1 is 0.667 bits per heavy atom. The standard InChI is InChI=1S/C18H13NO2/c20-17-15-9-13-6-11-3-1-2-4-12(5-11)7-14(8-13)10-16(15)18(21)19-17/h1-4,6-7,9-10H,5,8H2,(H,19,20,21). The number of carbonyl (C=O) groups is 2. The molecule has 2 amide bonds. The summed E-state index contributed by atoms with van der Waals surface area (Å²) in [5.74, 6) is -0.600. The van der Waals surface area contributed by atoms with E-state index in [1.165, 1.54) is 11.1 Å². The maximum absolute atomic E-state index is 11.9. The molecule has 102 valence electrons. The van der Waals surface area contributed by atoms with Gasteiger partial charge in [-0.3, -0.25) is 14.9 Å². The summed E-state index contributed by atoms with van der Waals surface area (Å²) in [5.41, 5.74) is 5.51. The molecule has 0 atom stereocenters. The number of nitrogens with one attached hydrogen (secondary N) is 1. The molecule has 4 aliphatic rings. The van der Waals surface area contributed by atoms with Crippen LogP contribution in [-0.2, 0) is 9.59 Å². The van der Waals surface area contributed by atoms with E-state index in [1.54, 1.807) is 0 Å². The second kappa shape index (κ2) is 4.42. The summed E-state index contributed by atoms with van der Waals surface area (Å²) in [5, 5.41) is 2.36. The molecule has 1 heterocycles. The zero-order chi connectivity index (χ0) is 14.4. The molecule has 3 aliphatic carbocycles. The average Bonchev–Trinajstić information content (AvgIpc) is 2.67. The molecule has 3 heteroatoms. The van der Waals surface area contributed by atoms with E-state index >= 15 is 0 Å². The van der Waals surface area contributed by atoms with Gasteiger partial charge in [0, 0.05) is 0 Å². The molecule has 1 aliphatic heterocycles. The fourth-order valence-electron chi connectivity index (χ4n) is 3.05. The van der Waals surface area contributed by atoms with Crippen LogP contribution in [0.5, 0.6) is 0 Å². The Balaban J connectivity index is 1.95. The summed E-state index contributed by atoms with van der Waals surface area (Å²) in [7, 11) is 0. The van der Waals surface area contributed by atoms with Gasteiger partial charge in [0.25, 0.3) is 11.8 Å². The van der Waals surface area contributed by atoms with Crippen LogP contribution in [0.15, 0.2) is 82.0 Å². The van der Waals surface area contributed by atoms with Crippen molar-refractivity contribution in [3.8, 4) is 0 Å². The van der Waals surface area contributed by atoms with Crippen molar-refractivity contribution in [2.24, 2.45) is 0 Å². The third-order valence-electron chi connectivity index (χ3n) is 3.96. The van der Waals surface area contributed by atoms with Crippen molar-refractivity contribution in [1.29, 1.82) is 0 Å². The largest absolute Gasteiger partial charge is 0.288 e. The first-order chi connectivity index (χ1) is 10.2. The number of carbonyl (C=O) groups excluding carboxylic acids is 2. The molecule has 3 nitrogen and oxygen atoms in total. The van der Waals surface area contributed by atoms with Crippen LogP contribution in [0.1, 0.15) is 12.8 Å². The number of imide groups is 1. The lowest BCUT2D eigenvalue weighted by Crippen LogP contribution is -2.20. The Hall–Kier alpha value is -2.68. The van der Waals surface area contributed by atoms with Crippen LogP contribution in [0.4, 0.5) is 0 Å². The van der Waals surface area contributed by atoms with Crippen molar-refractivity contribution in [1.82, 2.24) is 5.32 Å². The minimum atomic E-state index is -0.300. The third kappa shape index (κ3) is 2.07. The summed E-state index contributed by atoms with van der Waals surface area (Å²) in [6, 6.07) is 0. The van der Waals surface area contributed by atoms with Gasteiger partial charge in [0.2, 0.25) is 0 Å². The van der Waals surface area contributed by atoms with Gasteiger partial charge in [0.05, 0.1) is 11.1 Å². The molecule has 4 rings (SSSR count). The summed E-state index contributed by atoms with van der Waals surface area (Å²) in [4.78, 5) is 23.8. The minimum absolute atomic E-state index is 0.300. The zero-order valence-electron chi connectivity index (χ0n) is 11.3. The number of hydrogen-bond donors (Lipinski definition) is 1. The number of hydrogen-bond acceptors (Lipinski definition) is 2. The number of fused-ring (bicyclic) bond motifs is 5. The summed E-state index contributed by atoms with van der Waals surface area (Å²) in [6.07, 6.45) is 17.8. The smallest absolute Gasteiger partial charge is 0.258 e. The molecule has 0 aromatic rings. The fraction of sp³-hybridized carbons (Fsp3) is 0.111. The molecule has 0 unspecified atom stereocenters. The van der Waals surface area contributed by atoms with E-state index in [0.717, 1.165) is 24.0 Å². The van der Waals surface area contributed by atoms with E-state index in [1.807, 2.05) is 24.3 Å². The van der Waals surface area contributed by atoms with E-state index in [4.69, 9.17) is 0 Å². The molecular weight excluding hydrogens is 262 g/mol. The van der Waals surface area contributed by atoms with E-state index in [2.05, 4.69) is 29.6 Å². The highest BCUT2D eigenvalue weighted by Crippen LogP contribution is 2.33. The lowest BCUT2D eigenvalue weighted by atomic mass is 9.94. The predicted octanol–water partition coefficient (Wildman–Crippen LogP) is 2.58. The summed E-state index contributed by atoms with van der Waals surface area (Å²) < 4.78 is 0. The molecule has 0 radical (unpaired) electrons. The second-order valence-corrected chi connectivity index (χ2v) is 5.56. The zero-order valence-corrected chi connectivity index (χ0v) is 11.3. The quantitative estimate of drug-likeness (QED) is 0.691. The molecule has 1 fully saturated rings. The first kappa shape index (κ1) is 12.1. The van der Waals surface area contributed by atoms with Gasteiger partial charge in [0.15, 0.2) is 0 Å². The Bertz CT molecular complexity index is 731. The second-order valence-electron chi connectivity index (χ2n) is 5.56. The van der Waals surface area contributed by atoms with E-state index in [-0.39, 0.29) is 11.8 Å². The lowest BCUT2D eigenvalue weighted by Gasteiger charge is -2.11. The van der Waals surface area contributed by atoms with Gasteiger partial charge in [0.1, 0.15) is 0 Å². The fourth-order valence-corrected chi connectivity index (χ4v) is 3.05. The van der Waals surface area contributed by atoms with Crippen LogP contribution in [0.3, 0.4) is 0 Å². The molecule has 0 aromatic heterocycles. The first-order valence-corrected chi connectivity index (χ1v) is 6.96. The normalized spacial score (nSPS) is 23.0. The van der Waals surface area contributed by atoms with Gasteiger partial charge in [-0.05, 0) is 47.3 Å². The maximum Gasteiger partial charge on any atom is 0.258 e. The van der Waals surface area contributed by atoms with Gasteiger partial charge < -0.3 is 0 Å². The minimum Gasteiger partial charge on any atom is -0.288 e. The molecule has 1 saturated heterocycles. The molecule has 21 heavy (non-hydrogen) atoms. The van der Waals surface area contributed by atoms with E-state index in [0.29, 0.717) is 11.1 Å². The van der Waals surface area contributed by atoms with Crippen LogP contribution < -0.4 is 5.32 Å². The van der Waals surface area contributed by atoms with Crippen LogP contribution in [0, 0.1) is 0 Å². The predicted molar refractivity (Wildman–Crippen MR) is 80.0 cm³/mol. The first-order valence-electron chi connectivity index (χ1n) is 6.96.